The van der Waals surface area contributed by atoms with Crippen LogP contribution < -0.4 is 10.6 Å². The number of benzene rings is 1. The highest BCUT2D eigenvalue weighted by Gasteiger charge is 2.29. The molecule has 0 aromatic heterocycles. The Morgan fingerprint density at radius 2 is 1.00 bits per heavy atom. The topological polar surface area (TPSA) is 114 Å². The lowest BCUT2D eigenvalue weighted by atomic mass is 10.0. The molecule has 0 fully saturated rings. The van der Waals surface area contributed by atoms with Crippen LogP contribution in [-0.2, 0) is 29.0 Å². The standard InChI is InChI=1S/C28H48N2O8/c1-19(17-27(9,10)37-35-25(3,4)5)33-23(31)29-21-14-13-15-22(16-21)30-24(32)34-20(2)18-28(11,12)38-36-26(6,7)8/h13-16,19-20H,17-18H2,1-12H3,(H,29,31)(H,30,32). The lowest BCUT2D eigenvalue weighted by Gasteiger charge is -2.30. The molecule has 2 atom stereocenters. The van der Waals surface area contributed by atoms with Gasteiger partial charge in [0, 0.05) is 24.2 Å². The molecule has 0 saturated heterocycles. The van der Waals surface area contributed by atoms with E-state index in [4.69, 9.17) is 29.0 Å². The maximum atomic E-state index is 12.4. The average molecular weight is 541 g/mol. The van der Waals surface area contributed by atoms with E-state index in [0.717, 1.165) is 0 Å². The van der Waals surface area contributed by atoms with E-state index in [1.807, 2.05) is 69.2 Å². The van der Waals surface area contributed by atoms with Gasteiger partial charge in [-0.2, -0.15) is 0 Å². The minimum Gasteiger partial charge on any atom is -0.446 e. The molecule has 218 valence electrons. The molecule has 0 aliphatic rings. The zero-order valence-corrected chi connectivity index (χ0v) is 25.1. The summed E-state index contributed by atoms with van der Waals surface area (Å²) in [5, 5.41) is 5.34. The van der Waals surface area contributed by atoms with E-state index < -0.39 is 46.8 Å². The van der Waals surface area contributed by atoms with Crippen LogP contribution >= 0.6 is 0 Å². The SMILES string of the molecule is CC(CC(C)(C)OOC(C)(C)C)OC(=O)Nc1cccc(NC(=O)OC(C)CC(C)(C)OOC(C)(C)C)c1. The first-order valence-electron chi connectivity index (χ1n) is 12.9. The van der Waals surface area contributed by atoms with Gasteiger partial charge in [-0.25, -0.2) is 29.1 Å². The number of carbonyl (C=O) groups is 2. The van der Waals surface area contributed by atoms with Gasteiger partial charge in [-0.15, -0.1) is 0 Å². The fourth-order valence-corrected chi connectivity index (χ4v) is 3.35. The molecular formula is C28H48N2O8. The third-order valence-electron chi connectivity index (χ3n) is 4.56. The first-order valence-corrected chi connectivity index (χ1v) is 12.9. The molecule has 2 N–H and O–H groups in total. The Bertz CT molecular complexity index is 834. The molecule has 1 aromatic rings. The van der Waals surface area contributed by atoms with Crippen molar-refractivity contribution < 1.29 is 38.6 Å². The molecule has 10 heteroatoms. The fourth-order valence-electron chi connectivity index (χ4n) is 3.35. The number of ether oxygens (including phenoxy) is 2. The van der Waals surface area contributed by atoms with Gasteiger partial charge < -0.3 is 9.47 Å². The predicted octanol–water partition coefficient (Wildman–Crippen LogP) is 7.39. The van der Waals surface area contributed by atoms with Gasteiger partial charge in [-0.1, -0.05) is 6.07 Å². The number of amides is 2. The van der Waals surface area contributed by atoms with Gasteiger partial charge in [-0.3, -0.25) is 10.6 Å². The highest BCUT2D eigenvalue weighted by atomic mass is 17.2. The molecular weight excluding hydrogens is 492 g/mol. The summed E-state index contributed by atoms with van der Waals surface area (Å²) in [5.41, 5.74) is -1.31. The number of carbonyl (C=O) groups excluding carboxylic acids is 2. The minimum absolute atomic E-state index is 0.423. The van der Waals surface area contributed by atoms with Gasteiger partial charge in [0.1, 0.15) is 23.4 Å². The quantitative estimate of drug-likeness (QED) is 0.208. The summed E-state index contributed by atoms with van der Waals surface area (Å²) < 4.78 is 10.9. The Labute approximate surface area is 227 Å². The van der Waals surface area contributed by atoms with Gasteiger partial charge in [-0.05, 0) is 101 Å². The summed E-state index contributed by atoms with van der Waals surface area (Å²) in [6, 6.07) is 6.67. The zero-order valence-electron chi connectivity index (χ0n) is 25.1. The van der Waals surface area contributed by atoms with Crippen molar-refractivity contribution in [2.24, 2.45) is 0 Å². The van der Waals surface area contributed by atoms with Crippen molar-refractivity contribution in [3.8, 4) is 0 Å². The van der Waals surface area contributed by atoms with E-state index >= 15 is 0 Å². The highest BCUT2D eigenvalue weighted by molar-refractivity contribution is 5.88. The smallest absolute Gasteiger partial charge is 0.411 e. The van der Waals surface area contributed by atoms with Crippen molar-refractivity contribution in [1.82, 2.24) is 0 Å². The summed E-state index contributed by atoms with van der Waals surface area (Å²) in [5.74, 6) is 0. The summed E-state index contributed by atoms with van der Waals surface area (Å²) in [6.45, 7) is 22.3. The second-order valence-corrected chi connectivity index (χ2v) is 12.7. The number of rotatable bonds is 12. The van der Waals surface area contributed by atoms with Crippen molar-refractivity contribution in [3.63, 3.8) is 0 Å². The molecule has 2 amide bonds. The maximum absolute atomic E-state index is 12.4. The second-order valence-electron chi connectivity index (χ2n) is 12.7. The Morgan fingerprint density at radius 3 is 1.32 bits per heavy atom. The molecule has 2 unspecified atom stereocenters. The van der Waals surface area contributed by atoms with Crippen LogP contribution in [0.25, 0.3) is 0 Å². The van der Waals surface area contributed by atoms with Crippen LogP contribution in [0.2, 0.25) is 0 Å². The second kappa shape index (κ2) is 13.6. The van der Waals surface area contributed by atoms with Crippen LogP contribution in [0.1, 0.15) is 95.9 Å². The van der Waals surface area contributed by atoms with Crippen LogP contribution in [0.15, 0.2) is 24.3 Å². The first-order chi connectivity index (χ1) is 17.1. The highest BCUT2D eigenvalue weighted by Crippen LogP contribution is 2.24. The molecule has 0 bridgehead atoms. The Kier molecular flexibility index (Phi) is 12.0. The minimum atomic E-state index is -0.657. The van der Waals surface area contributed by atoms with Crippen molar-refractivity contribution in [2.45, 2.75) is 131 Å². The molecule has 0 heterocycles. The predicted molar refractivity (Wildman–Crippen MR) is 147 cm³/mol. The molecule has 0 aliphatic heterocycles. The van der Waals surface area contributed by atoms with E-state index in [1.54, 1.807) is 38.1 Å². The van der Waals surface area contributed by atoms with Crippen molar-refractivity contribution in [2.75, 3.05) is 10.6 Å². The van der Waals surface area contributed by atoms with Crippen LogP contribution in [0.4, 0.5) is 21.0 Å². The first kappa shape index (κ1) is 33.6. The number of hydrogen-bond acceptors (Lipinski definition) is 8. The number of anilines is 2. The molecule has 1 rings (SSSR count). The summed E-state index contributed by atoms with van der Waals surface area (Å²) >= 11 is 0. The molecule has 0 saturated carbocycles. The maximum Gasteiger partial charge on any atom is 0.411 e. The monoisotopic (exact) mass is 540 g/mol. The molecule has 10 nitrogen and oxygen atoms in total. The number of nitrogens with one attached hydrogen (secondary N) is 2. The Balaban J connectivity index is 2.57. The number of hydrogen-bond donors (Lipinski definition) is 2. The average Bonchev–Trinajstić information content (AvgIpc) is 2.69. The van der Waals surface area contributed by atoms with Crippen LogP contribution in [0, 0.1) is 0 Å². The lowest BCUT2D eigenvalue weighted by Crippen LogP contribution is -2.35. The normalized spacial score (nSPS) is 14.4. The van der Waals surface area contributed by atoms with Gasteiger partial charge in [0.2, 0.25) is 0 Å². The van der Waals surface area contributed by atoms with E-state index in [0.29, 0.717) is 24.2 Å². The van der Waals surface area contributed by atoms with Crippen molar-refractivity contribution in [1.29, 1.82) is 0 Å². The summed E-state index contributed by atoms with van der Waals surface area (Å²) in [4.78, 5) is 46.7. The molecule has 0 radical (unpaired) electrons. The summed E-state index contributed by atoms with van der Waals surface area (Å²) in [7, 11) is 0. The van der Waals surface area contributed by atoms with Crippen molar-refractivity contribution >= 4 is 23.6 Å². The van der Waals surface area contributed by atoms with E-state index in [-0.39, 0.29) is 0 Å². The van der Waals surface area contributed by atoms with E-state index in [2.05, 4.69) is 10.6 Å². The van der Waals surface area contributed by atoms with Crippen LogP contribution in [0.3, 0.4) is 0 Å². The largest absolute Gasteiger partial charge is 0.446 e. The van der Waals surface area contributed by atoms with Gasteiger partial charge >= 0.3 is 12.2 Å². The third-order valence-corrected chi connectivity index (χ3v) is 4.56. The summed E-state index contributed by atoms with van der Waals surface area (Å²) in [6.07, 6.45) is -1.28. The molecule has 0 aliphatic carbocycles. The lowest BCUT2D eigenvalue weighted by molar-refractivity contribution is -0.399. The van der Waals surface area contributed by atoms with Crippen molar-refractivity contribution in [3.05, 3.63) is 24.3 Å². The molecule has 1 aromatic carbocycles. The van der Waals surface area contributed by atoms with Crippen LogP contribution in [0.5, 0.6) is 0 Å². The van der Waals surface area contributed by atoms with E-state index in [1.165, 1.54) is 0 Å². The van der Waals surface area contributed by atoms with Crippen LogP contribution in [-0.4, -0.2) is 46.8 Å². The Hall–Kier alpha value is -2.40. The third kappa shape index (κ3) is 15.8. The molecule has 38 heavy (non-hydrogen) atoms. The Morgan fingerprint density at radius 1 is 0.658 bits per heavy atom. The zero-order chi connectivity index (χ0) is 29.4. The molecule has 0 spiro atoms. The fraction of sp³-hybridized carbons (Fsp3) is 0.714. The van der Waals surface area contributed by atoms with E-state index in [9.17, 15) is 9.59 Å². The van der Waals surface area contributed by atoms with Gasteiger partial charge in [0.05, 0.1) is 11.2 Å². The van der Waals surface area contributed by atoms with Gasteiger partial charge in [0.15, 0.2) is 0 Å². The van der Waals surface area contributed by atoms with Gasteiger partial charge in [0.25, 0.3) is 0 Å².